The Hall–Kier alpha value is -1.51. The maximum atomic E-state index is 10.7. The summed E-state index contributed by atoms with van der Waals surface area (Å²) in [7, 11) is 1.62. The highest BCUT2D eigenvalue weighted by Gasteiger charge is 2.01. The van der Waals surface area contributed by atoms with Crippen LogP contribution >= 0.6 is 0 Å². The second-order valence-electron chi connectivity index (χ2n) is 3.66. The number of rotatable bonds is 7. The lowest BCUT2D eigenvalue weighted by Gasteiger charge is -2.09. The summed E-state index contributed by atoms with van der Waals surface area (Å²) in [5, 5.41) is 0. The van der Waals surface area contributed by atoms with Crippen molar-refractivity contribution in [2.24, 2.45) is 0 Å². The van der Waals surface area contributed by atoms with Crippen LogP contribution in [-0.2, 0) is 4.79 Å². The van der Waals surface area contributed by atoms with E-state index in [-0.39, 0.29) is 5.78 Å². The summed E-state index contributed by atoms with van der Waals surface area (Å²) in [6.07, 6.45) is 2.40. The number of ketones is 1. The van der Waals surface area contributed by atoms with E-state index in [9.17, 15) is 4.79 Å². The molecule has 0 bridgehead atoms. The van der Waals surface area contributed by atoms with Gasteiger partial charge in [-0.1, -0.05) is 12.1 Å². The first-order chi connectivity index (χ1) is 7.74. The average Bonchev–Trinajstić information content (AvgIpc) is 2.29. The van der Waals surface area contributed by atoms with Gasteiger partial charge in [0.05, 0.1) is 13.7 Å². The molecule has 0 radical (unpaired) electrons. The first kappa shape index (κ1) is 12.6. The number of para-hydroxylation sites is 2. The molecule has 3 nitrogen and oxygen atoms in total. The zero-order chi connectivity index (χ0) is 11.8. The Balaban J connectivity index is 2.28. The number of hydrogen-bond donors (Lipinski definition) is 0. The van der Waals surface area contributed by atoms with Crippen LogP contribution in [-0.4, -0.2) is 19.5 Å². The van der Waals surface area contributed by atoms with E-state index in [1.54, 1.807) is 14.0 Å². The Morgan fingerprint density at radius 2 is 1.88 bits per heavy atom. The van der Waals surface area contributed by atoms with Gasteiger partial charge >= 0.3 is 0 Å². The van der Waals surface area contributed by atoms with E-state index in [4.69, 9.17) is 9.47 Å². The molecule has 3 heteroatoms. The Kier molecular flexibility index (Phi) is 5.40. The van der Waals surface area contributed by atoms with Crippen LogP contribution in [0.4, 0.5) is 0 Å². The summed E-state index contributed by atoms with van der Waals surface area (Å²) in [6.45, 7) is 2.23. The van der Waals surface area contributed by atoms with Crippen molar-refractivity contribution in [3.63, 3.8) is 0 Å². The fraction of sp³-hybridized carbons (Fsp3) is 0.462. The number of ether oxygens (including phenoxy) is 2. The summed E-state index contributed by atoms with van der Waals surface area (Å²) in [4.78, 5) is 10.7. The van der Waals surface area contributed by atoms with Gasteiger partial charge in [-0.15, -0.1) is 0 Å². The van der Waals surface area contributed by atoms with Gasteiger partial charge in [0.1, 0.15) is 5.78 Å². The molecule has 0 spiro atoms. The van der Waals surface area contributed by atoms with Crippen LogP contribution in [0.25, 0.3) is 0 Å². The van der Waals surface area contributed by atoms with Crippen molar-refractivity contribution >= 4 is 5.78 Å². The Morgan fingerprint density at radius 3 is 2.50 bits per heavy atom. The topological polar surface area (TPSA) is 35.5 Å². The lowest BCUT2D eigenvalue weighted by Crippen LogP contribution is -2.00. The summed E-state index contributed by atoms with van der Waals surface area (Å²) in [6, 6.07) is 7.56. The maximum absolute atomic E-state index is 10.7. The predicted octanol–water partition coefficient (Wildman–Crippen LogP) is 2.83. The molecule has 1 aromatic carbocycles. The normalized spacial score (nSPS) is 9.88. The molecule has 88 valence electrons. The van der Waals surface area contributed by atoms with Crippen molar-refractivity contribution < 1.29 is 14.3 Å². The van der Waals surface area contributed by atoms with E-state index in [0.29, 0.717) is 13.0 Å². The molecule has 0 N–H and O–H groups in total. The van der Waals surface area contributed by atoms with Crippen LogP contribution in [0, 0.1) is 0 Å². The largest absolute Gasteiger partial charge is 0.493 e. The number of hydrogen-bond acceptors (Lipinski definition) is 3. The monoisotopic (exact) mass is 222 g/mol. The summed E-state index contributed by atoms with van der Waals surface area (Å²) in [5.74, 6) is 1.74. The zero-order valence-electron chi connectivity index (χ0n) is 9.86. The van der Waals surface area contributed by atoms with E-state index in [1.807, 2.05) is 24.3 Å². The van der Waals surface area contributed by atoms with E-state index >= 15 is 0 Å². The van der Waals surface area contributed by atoms with Crippen LogP contribution in [0.15, 0.2) is 24.3 Å². The van der Waals surface area contributed by atoms with E-state index in [0.717, 1.165) is 24.3 Å². The van der Waals surface area contributed by atoms with Gasteiger partial charge in [-0.25, -0.2) is 0 Å². The maximum Gasteiger partial charge on any atom is 0.161 e. The molecule has 1 rings (SSSR count). The minimum atomic E-state index is 0.234. The SMILES string of the molecule is COc1ccccc1OCCCCC(C)=O. The molecule has 0 unspecified atom stereocenters. The van der Waals surface area contributed by atoms with Crippen LogP contribution in [0.3, 0.4) is 0 Å². The van der Waals surface area contributed by atoms with Crippen molar-refractivity contribution in [2.75, 3.05) is 13.7 Å². The van der Waals surface area contributed by atoms with Crippen molar-refractivity contribution in [3.8, 4) is 11.5 Å². The number of methoxy groups -OCH3 is 1. The number of benzene rings is 1. The smallest absolute Gasteiger partial charge is 0.161 e. The molecule has 0 fully saturated rings. The van der Waals surface area contributed by atoms with Gasteiger partial charge in [-0.05, 0) is 31.9 Å². The summed E-state index contributed by atoms with van der Waals surface area (Å²) >= 11 is 0. The molecule has 0 aromatic heterocycles. The Morgan fingerprint density at radius 1 is 1.19 bits per heavy atom. The molecular formula is C13H18O3. The van der Waals surface area contributed by atoms with Crippen LogP contribution in [0.1, 0.15) is 26.2 Å². The molecule has 0 atom stereocenters. The number of unbranched alkanes of at least 4 members (excludes halogenated alkanes) is 1. The summed E-state index contributed by atoms with van der Waals surface area (Å²) < 4.78 is 10.7. The third-order valence-corrected chi connectivity index (χ3v) is 2.25. The lowest BCUT2D eigenvalue weighted by atomic mass is 10.2. The van der Waals surface area contributed by atoms with Crippen LogP contribution in [0.2, 0.25) is 0 Å². The fourth-order valence-corrected chi connectivity index (χ4v) is 1.40. The Labute approximate surface area is 96.4 Å². The van der Waals surface area contributed by atoms with E-state index in [2.05, 4.69) is 0 Å². The molecule has 0 aliphatic heterocycles. The molecular weight excluding hydrogens is 204 g/mol. The first-order valence-electron chi connectivity index (χ1n) is 5.49. The van der Waals surface area contributed by atoms with Gasteiger partial charge in [0.25, 0.3) is 0 Å². The summed E-state index contributed by atoms with van der Waals surface area (Å²) in [5.41, 5.74) is 0. The van der Waals surface area contributed by atoms with Crippen molar-refractivity contribution in [1.29, 1.82) is 0 Å². The molecule has 0 saturated heterocycles. The quantitative estimate of drug-likeness (QED) is 0.665. The van der Waals surface area contributed by atoms with Crippen molar-refractivity contribution in [2.45, 2.75) is 26.2 Å². The molecule has 0 amide bonds. The van der Waals surface area contributed by atoms with Crippen LogP contribution in [0.5, 0.6) is 11.5 Å². The molecule has 1 aromatic rings. The van der Waals surface area contributed by atoms with Crippen molar-refractivity contribution in [3.05, 3.63) is 24.3 Å². The number of carbonyl (C=O) groups is 1. The molecule has 0 heterocycles. The predicted molar refractivity (Wildman–Crippen MR) is 63.0 cm³/mol. The van der Waals surface area contributed by atoms with Gasteiger partial charge in [0, 0.05) is 6.42 Å². The fourth-order valence-electron chi connectivity index (χ4n) is 1.40. The number of Topliss-reactive ketones (excluding diaryl/α,β-unsaturated/α-hetero) is 1. The van der Waals surface area contributed by atoms with Gasteiger partial charge in [0.15, 0.2) is 11.5 Å². The average molecular weight is 222 g/mol. The molecule has 0 saturated carbocycles. The molecule has 16 heavy (non-hydrogen) atoms. The van der Waals surface area contributed by atoms with Gasteiger partial charge < -0.3 is 14.3 Å². The van der Waals surface area contributed by atoms with Gasteiger partial charge in [0.2, 0.25) is 0 Å². The van der Waals surface area contributed by atoms with E-state index < -0.39 is 0 Å². The molecule has 0 aliphatic rings. The zero-order valence-corrected chi connectivity index (χ0v) is 9.86. The first-order valence-corrected chi connectivity index (χ1v) is 5.49. The minimum absolute atomic E-state index is 0.234. The lowest BCUT2D eigenvalue weighted by molar-refractivity contribution is -0.117. The highest BCUT2D eigenvalue weighted by molar-refractivity contribution is 5.75. The number of carbonyl (C=O) groups excluding carboxylic acids is 1. The van der Waals surface area contributed by atoms with Gasteiger partial charge in [-0.3, -0.25) is 0 Å². The second-order valence-corrected chi connectivity index (χ2v) is 3.66. The minimum Gasteiger partial charge on any atom is -0.493 e. The highest BCUT2D eigenvalue weighted by atomic mass is 16.5. The van der Waals surface area contributed by atoms with Crippen LogP contribution < -0.4 is 9.47 Å². The van der Waals surface area contributed by atoms with Crippen molar-refractivity contribution in [1.82, 2.24) is 0 Å². The standard InChI is InChI=1S/C13H18O3/c1-11(14)7-5-6-10-16-13-9-4-3-8-12(13)15-2/h3-4,8-9H,5-7,10H2,1-2H3. The third kappa shape index (κ3) is 4.34. The highest BCUT2D eigenvalue weighted by Crippen LogP contribution is 2.25. The molecule has 0 aliphatic carbocycles. The third-order valence-electron chi connectivity index (χ3n) is 2.25. The van der Waals surface area contributed by atoms with Gasteiger partial charge in [-0.2, -0.15) is 0 Å². The van der Waals surface area contributed by atoms with E-state index in [1.165, 1.54) is 0 Å². The Bertz CT molecular complexity index is 334. The second kappa shape index (κ2) is 6.88.